The Hall–Kier alpha value is -3.28. The zero-order valence-corrected chi connectivity index (χ0v) is 14.7. The molecule has 2 aromatic carbocycles. The normalized spacial score (nSPS) is 13.1. The number of hydrogen-bond donors (Lipinski definition) is 2. The molecule has 3 rings (SSSR count). The molecule has 0 spiro atoms. The topological polar surface area (TPSA) is 76.7 Å². The Morgan fingerprint density at radius 1 is 1.08 bits per heavy atom. The number of ether oxygens (including phenoxy) is 2. The lowest BCUT2D eigenvalue weighted by Gasteiger charge is -2.17. The third kappa shape index (κ3) is 4.03. The zero-order chi connectivity index (χ0) is 18.5. The summed E-state index contributed by atoms with van der Waals surface area (Å²) in [5, 5.41) is 5.65. The van der Waals surface area contributed by atoms with E-state index in [1.807, 2.05) is 12.1 Å². The summed E-state index contributed by atoms with van der Waals surface area (Å²) >= 11 is 0. The predicted octanol–water partition coefficient (Wildman–Crippen LogP) is 3.24. The molecule has 0 atom stereocenters. The van der Waals surface area contributed by atoms with Crippen LogP contribution in [-0.2, 0) is 16.0 Å². The van der Waals surface area contributed by atoms with E-state index in [4.69, 9.17) is 9.47 Å². The minimum atomic E-state index is -0.237. The first-order valence-corrected chi connectivity index (χ1v) is 8.23. The van der Waals surface area contributed by atoms with Crippen LogP contribution in [0.2, 0.25) is 0 Å². The zero-order valence-electron chi connectivity index (χ0n) is 14.7. The second-order valence-electron chi connectivity index (χ2n) is 5.86. The molecule has 0 fully saturated rings. The lowest BCUT2D eigenvalue weighted by molar-refractivity contribution is -0.116. The van der Waals surface area contributed by atoms with Gasteiger partial charge in [-0.05, 0) is 54.0 Å². The van der Waals surface area contributed by atoms with Gasteiger partial charge in [-0.25, -0.2) is 0 Å². The number of aryl methyl sites for hydroxylation is 1. The molecule has 0 unspecified atom stereocenters. The van der Waals surface area contributed by atoms with Gasteiger partial charge in [0.25, 0.3) is 0 Å². The molecule has 6 heteroatoms. The minimum Gasteiger partial charge on any atom is -0.493 e. The van der Waals surface area contributed by atoms with Crippen molar-refractivity contribution in [1.29, 1.82) is 0 Å². The molecule has 2 aromatic rings. The number of rotatable bonds is 5. The fraction of sp³-hybridized carbons (Fsp3) is 0.200. The van der Waals surface area contributed by atoms with Gasteiger partial charge in [-0.1, -0.05) is 6.07 Å². The average Bonchev–Trinajstić information content (AvgIpc) is 2.66. The summed E-state index contributed by atoms with van der Waals surface area (Å²) in [7, 11) is 3.14. The van der Waals surface area contributed by atoms with Gasteiger partial charge in [-0.15, -0.1) is 0 Å². The van der Waals surface area contributed by atoms with E-state index in [0.29, 0.717) is 30.0 Å². The van der Waals surface area contributed by atoms with Crippen molar-refractivity contribution in [3.63, 3.8) is 0 Å². The van der Waals surface area contributed by atoms with Crippen LogP contribution in [0.1, 0.15) is 17.5 Å². The Kier molecular flexibility index (Phi) is 5.22. The average molecular weight is 352 g/mol. The molecule has 1 heterocycles. The lowest BCUT2D eigenvalue weighted by Crippen LogP contribution is -2.19. The Morgan fingerprint density at radius 3 is 2.65 bits per heavy atom. The molecule has 2 N–H and O–H groups in total. The maximum atomic E-state index is 12.2. The number of benzene rings is 2. The quantitative estimate of drug-likeness (QED) is 0.810. The third-order valence-corrected chi connectivity index (χ3v) is 4.10. The number of amides is 2. The Bertz CT molecular complexity index is 874. The second kappa shape index (κ2) is 7.74. The number of nitrogens with one attached hydrogen (secondary N) is 2. The van der Waals surface area contributed by atoms with Crippen molar-refractivity contribution in [1.82, 2.24) is 0 Å². The Balaban J connectivity index is 1.67. The van der Waals surface area contributed by atoms with Crippen LogP contribution in [0.25, 0.3) is 6.08 Å². The Labute approximate surface area is 151 Å². The summed E-state index contributed by atoms with van der Waals surface area (Å²) in [6.07, 6.45) is 4.30. The summed E-state index contributed by atoms with van der Waals surface area (Å²) in [4.78, 5) is 23.5. The maximum absolute atomic E-state index is 12.2. The summed E-state index contributed by atoms with van der Waals surface area (Å²) in [5.41, 5.74) is 3.35. The molecule has 1 aliphatic rings. The van der Waals surface area contributed by atoms with Gasteiger partial charge in [0.1, 0.15) is 0 Å². The lowest BCUT2D eigenvalue weighted by atomic mass is 10.0. The molecule has 6 nitrogen and oxygen atoms in total. The van der Waals surface area contributed by atoms with Gasteiger partial charge < -0.3 is 20.1 Å². The highest BCUT2D eigenvalue weighted by Crippen LogP contribution is 2.28. The number of anilines is 2. The van der Waals surface area contributed by atoms with E-state index in [9.17, 15) is 9.59 Å². The van der Waals surface area contributed by atoms with Gasteiger partial charge in [-0.2, -0.15) is 0 Å². The smallest absolute Gasteiger partial charge is 0.248 e. The molecule has 0 radical (unpaired) electrons. The highest BCUT2D eigenvalue weighted by molar-refractivity contribution is 6.02. The number of carbonyl (C=O) groups excluding carboxylic acids is 2. The van der Waals surface area contributed by atoms with Crippen LogP contribution in [0.5, 0.6) is 11.5 Å². The van der Waals surface area contributed by atoms with Crippen LogP contribution >= 0.6 is 0 Å². The van der Waals surface area contributed by atoms with E-state index in [0.717, 1.165) is 16.8 Å². The standard InChI is InChI=1S/C20H20N2O4/c1-25-17-8-3-13(11-18(17)26-2)4-9-19(23)21-15-6-7-16-14(12-15)5-10-20(24)22-16/h3-4,6-9,11-12H,5,10H2,1-2H3,(H,21,23)(H,22,24)/b9-4+. The molecule has 2 amide bonds. The van der Waals surface area contributed by atoms with Crippen LogP contribution < -0.4 is 20.1 Å². The number of methoxy groups -OCH3 is 2. The second-order valence-corrected chi connectivity index (χ2v) is 5.86. The largest absolute Gasteiger partial charge is 0.493 e. The minimum absolute atomic E-state index is 0.0205. The van der Waals surface area contributed by atoms with Gasteiger partial charge in [0.15, 0.2) is 11.5 Å². The maximum Gasteiger partial charge on any atom is 0.248 e. The predicted molar refractivity (Wildman–Crippen MR) is 101 cm³/mol. The summed E-state index contributed by atoms with van der Waals surface area (Å²) in [6.45, 7) is 0. The van der Waals surface area contributed by atoms with E-state index in [-0.39, 0.29) is 11.8 Å². The van der Waals surface area contributed by atoms with Crippen molar-refractivity contribution in [3.05, 3.63) is 53.6 Å². The van der Waals surface area contributed by atoms with Crippen molar-refractivity contribution in [3.8, 4) is 11.5 Å². The van der Waals surface area contributed by atoms with E-state index in [2.05, 4.69) is 10.6 Å². The first-order valence-electron chi connectivity index (χ1n) is 8.23. The molecular weight excluding hydrogens is 332 g/mol. The molecular formula is C20H20N2O4. The molecule has 1 aliphatic heterocycles. The molecule has 0 bridgehead atoms. The molecule has 0 aromatic heterocycles. The van der Waals surface area contributed by atoms with Gasteiger partial charge in [0, 0.05) is 23.9 Å². The summed E-state index contributed by atoms with van der Waals surface area (Å²) < 4.78 is 10.4. The van der Waals surface area contributed by atoms with Crippen molar-refractivity contribution in [2.24, 2.45) is 0 Å². The van der Waals surface area contributed by atoms with E-state index >= 15 is 0 Å². The van der Waals surface area contributed by atoms with E-state index in [1.54, 1.807) is 44.6 Å². The monoisotopic (exact) mass is 352 g/mol. The molecule has 0 saturated heterocycles. The molecule has 0 aliphatic carbocycles. The number of hydrogen-bond acceptors (Lipinski definition) is 4. The first kappa shape index (κ1) is 17.5. The third-order valence-electron chi connectivity index (χ3n) is 4.10. The van der Waals surface area contributed by atoms with Crippen LogP contribution in [0.15, 0.2) is 42.5 Å². The highest BCUT2D eigenvalue weighted by Gasteiger charge is 2.15. The van der Waals surface area contributed by atoms with Crippen LogP contribution in [0.4, 0.5) is 11.4 Å². The van der Waals surface area contributed by atoms with Gasteiger partial charge in [0.05, 0.1) is 14.2 Å². The van der Waals surface area contributed by atoms with Crippen molar-refractivity contribution < 1.29 is 19.1 Å². The molecule has 134 valence electrons. The van der Waals surface area contributed by atoms with Crippen molar-refractivity contribution in [2.45, 2.75) is 12.8 Å². The fourth-order valence-corrected chi connectivity index (χ4v) is 2.77. The van der Waals surface area contributed by atoms with E-state index in [1.165, 1.54) is 6.08 Å². The van der Waals surface area contributed by atoms with Gasteiger partial charge >= 0.3 is 0 Å². The van der Waals surface area contributed by atoms with Gasteiger partial charge in [0.2, 0.25) is 11.8 Å². The van der Waals surface area contributed by atoms with Crippen LogP contribution in [0, 0.1) is 0 Å². The molecule has 0 saturated carbocycles. The first-order chi connectivity index (χ1) is 12.6. The van der Waals surface area contributed by atoms with E-state index < -0.39 is 0 Å². The van der Waals surface area contributed by atoms with Crippen LogP contribution in [0.3, 0.4) is 0 Å². The summed E-state index contributed by atoms with van der Waals surface area (Å²) in [6, 6.07) is 10.9. The van der Waals surface area contributed by atoms with Crippen molar-refractivity contribution in [2.75, 3.05) is 24.9 Å². The SMILES string of the molecule is COc1ccc(/C=C/C(=O)Nc2ccc3c(c2)CCC(=O)N3)cc1OC. The van der Waals surface area contributed by atoms with Crippen molar-refractivity contribution >= 4 is 29.3 Å². The molecule has 26 heavy (non-hydrogen) atoms. The fourth-order valence-electron chi connectivity index (χ4n) is 2.77. The number of fused-ring (bicyclic) bond motifs is 1. The van der Waals surface area contributed by atoms with Gasteiger partial charge in [-0.3, -0.25) is 9.59 Å². The summed E-state index contributed by atoms with van der Waals surface area (Å²) in [5.74, 6) is 1.02. The van der Waals surface area contributed by atoms with Crippen LogP contribution in [-0.4, -0.2) is 26.0 Å². The highest BCUT2D eigenvalue weighted by atomic mass is 16.5. The number of carbonyl (C=O) groups is 2. The Morgan fingerprint density at radius 2 is 1.88 bits per heavy atom.